The van der Waals surface area contributed by atoms with E-state index in [0.29, 0.717) is 67.6 Å². The Kier molecular flexibility index (Phi) is 6.99. The second kappa shape index (κ2) is 11.1. The van der Waals surface area contributed by atoms with Crippen molar-refractivity contribution >= 4 is 55.3 Å². The summed E-state index contributed by atoms with van der Waals surface area (Å²) in [6.07, 6.45) is 3.27. The molecule has 48 heavy (non-hydrogen) atoms. The van der Waals surface area contributed by atoms with Gasteiger partial charge in [-0.2, -0.15) is 32.9 Å². The Bertz CT molecular complexity index is 2600. The number of furan rings is 2. The standard InChI is InChI=1S/C37H18N8O2.Pt/c1-37(2,35-22(18-39)19-44(42-35)24-7-11-33-28(15-24)26-13-21(17-38)5-9-31(26)46-33)36-30(41-4)20-45(43-36)25-8-12-34-29(16-25)27-14-23(40-3)6-10-32(27)47-34;/h5-6,9-16,19-20H,1-2H3;/q-2;+2. The molecule has 0 fully saturated rings. The Morgan fingerprint density at radius 1 is 0.729 bits per heavy atom. The van der Waals surface area contributed by atoms with Crippen LogP contribution in [0.15, 0.2) is 81.9 Å². The minimum absolute atomic E-state index is 0. The van der Waals surface area contributed by atoms with Crippen molar-refractivity contribution in [1.82, 2.24) is 19.6 Å². The van der Waals surface area contributed by atoms with Gasteiger partial charge in [0.25, 0.3) is 0 Å². The van der Waals surface area contributed by atoms with Gasteiger partial charge in [-0.15, -0.1) is 24.3 Å². The quantitative estimate of drug-likeness (QED) is 0.165. The number of hydrogen-bond acceptors (Lipinski definition) is 6. The SMILES string of the molecule is [C-]#[N+]c1ccc2oc3c[c-]c(-n4cc([N+]#[C-])c(C(C)(C)c5nn(-c6[c-]cc7oc8ccc(C#N)cc8c7c6)cc5C#N)n4)cc3c2c1.[Pt+2]. The Balaban J connectivity index is 0.00000364. The molecular weight excluding hydrogens is 784 g/mol. The number of aromatic nitrogens is 4. The van der Waals surface area contributed by atoms with E-state index in [1.165, 1.54) is 0 Å². The Morgan fingerprint density at radius 3 is 1.92 bits per heavy atom. The molecule has 0 aliphatic rings. The molecule has 0 radical (unpaired) electrons. The predicted molar refractivity (Wildman–Crippen MR) is 173 cm³/mol. The molecular formula is C37H18N8O2Pt. The molecule has 0 bridgehead atoms. The van der Waals surface area contributed by atoms with E-state index >= 15 is 0 Å². The van der Waals surface area contributed by atoms with Crippen molar-refractivity contribution < 1.29 is 29.9 Å². The van der Waals surface area contributed by atoms with Gasteiger partial charge in [0.15, 0.2) is 5.69 Å². The summed E-state index contributed by atoms with van der Waals surface area (Å²) in [4.78, 5) is 7.31. The second-order valence-electron chi connectivity index (χ2n) is 11.5. The van der Waals surface area contributed by atoms with Crippen molar-refractivity contribution in [1.29, 1.82) is 10.5 Å². The van der Waals surface area contributed by atoms with E-state index in [1.54, 1.807) is 70.3 Å². The fourth-order valence-corrected chi connectivity index (χ4v) is 5.98. The maximum atomic E-state index is 10.2. The van der Waals surface area contributed by atoms with E-state index in [1.807, 2.05) is 26.0 Å². The van der Waals surface area contributed by atoms with Crippen LogP contribution in [-0.2, 0) is 26.5 Å². The van der Waals surface area contributed by atoms with Crippen molar-refractivity contribution in [2.75, 3.05) is 0 Å². The summed E-state index contributed by atoms with van der Waals surface area (Å²) < 4.78 is 15.1. The van der Waals surface area contributed by atoms with Gasteiger partial charge in [0, 0.05) is 34.4 Å². The molecule has 228 valence electrons. The van der Waals surface area contributed by atoms with Gasteiger partial charge in [-0.25, -0.2) is 9.69 Å². The fourth-order valence-electron chi connectivity index (χ4n) is 5.98. The first-order valence-electron chi connectivity index (χ1n) is 14.3. The largest absolute Gasteiger partial charge is 2.00 e. The molecule has 10 nitrogen and oxygen atoms in total. The Labute approximate surface area is 287 Å². The summed E-state index contributed by atoms with van der Waals surface area (Å²) in [5, 5.41) is 32.4. The van der Waals surface area contributed by atoms with Crippen LogP contribution in [0.1, 0.15) is 36.4 Å². The minimum atomic E-state index is -0.952. The number of benzene rings is 4. The van der Waals surface area contributed by atoms with Crippen LogP contribution in [0.3, 0.4) is 0 Å². The molecule has 0 spiro atoms. The van der Waals surface area contributed by atoms with Crippen LogP contribution in [0.2, 0.25) is 0 Å². The van der Waals surface area contributed by atoms with Crippen LogP contribution in [0, 0.1) is 47.9 Å². The van der Waals surface area contributed by atoms with Gasteiger partial charge in [-0.3, -0.25) is 9.36 Å². The van der Waals surface area contributed by atoms with Crippen molar-refractivity contribution in [2.24, 2.45) is 0 Å². The van der Waals surface area contributed by atoms with Gasteiger partial charge < -0.3 is 8.83 Å². The molecule has 0 atom stereocenters. The summed E-state index contributed by atoms with van der Waals surface area (Å²) in [7, 11) is 0. The monoisotopic (exact) mass is 801 g/mol. The molecule has 4 aromatic heterocycles. The number of fused-ring (bicyclic) bond motifs is 6. The topological polar surface area (TPSA) is 118 Å². The zero-order valence-corrected chi connectivity index (χ0v) is 27.4. The molecule has 0 saturated heterocycles. The van der Waals surface area contributed by atoms with Gasteiger partial charge in [0.1, 0.15) is 17.2 Å². The van der Waals surface area contributed by atoms with E-state index in [0.717, 1.165) is 21.5 Å². The van der Waals surface area contributed by atoms with Crippen molar-refractivity contribution in [2.45, 2.75) is 19.3 Å². The third-order valence-corrected chi connectivity index (χ3v) is 8.34. The summed E-state index contributed by atoms with van der Waals surface area (Å²) in [5.41, 5.74) is 5.30. The second-order valence-corrected chi connectivity index (χ2v) is 11.5. The molecule has 0 saturated carbocycles. The smallest absolute Gasteiger partial charge is 0.516 e. The summed E-state index contributed by atoms with van der Waals surface area (Å²) in [5.74, 6) is 0. The maximum absolute atomic E-state index is 10.2. The molecule has 0 N–H and O–H groups in total. The number of nitrogens with zero attached hydrogens (tertiary/aromatic N) is 8. The van der Waals surface area contributed by atoms with Crippen molar-refractivity contribution in [3.05, 3.63) is 131 Å². The molecule has 4 heterocycles. The van der Waals surface area contributed by atoms with Crippen molar-refractivity contribution in [3.8, 4) is 23.5 Å². The van der Waals surface area contributed by atoms with E-state index in [-0.39, 0.29) is 21.1 Å². The van der Waals surface area contributed by atoms with E-state index in [2.05, 4.69) is 34.0 Å². The molecule has 0 aliphatic carbocycles. The van der Waals surface area contributed by atoms with Crippen molar-refractivity contribution in [3.63, 3.8) is 0 Å². The first kappa shape index (κ1) is 30.2. The normalized spacial score (nSPS) is 11.3. The third kappa shape index (κ3) is 4.56. The molecule has 4 aromatic carbocycles. The molecule has 8 rings (SSSR count). The van der Waals surface area contributed by atoms with E-state index < -0.39 is 5.41 Å². The van der Waals surface area contributed by atoms with Gasteiger partial charge >= 0.3 is 21.1 Å². The summed E-state index contributed by atoms with van der Waals surface area (Å²) in [6.45, 7) is 19.1. The molecule has 0 unspecified atom stereocenters. The van der Waals surface area contributed by atoms with Crippen LogP contribution in [0.5, 0.6) is 0 Å². The number of nitriles is 2. The molecule has 0 aliphatic heterocycles. The van der Waals surface area contributed by atoms with Gasteiger partial charge in [-0.1, -0.05) is 16.8 Å². The Hall–Kier alpha value is -6.45. The third-order valence-electron chi connectivity index (χ3n) is 8.34. The Morgan fingerprint density at radius 2 is 1.31 bits per heavy atom. The molecule has 11 heteroatoms. The van der Waals surface area contributed by atoms with E-state index in [9.17, 15) is 10.5 Å². The molecule has 8 aromatic rings. The summed E-state index contributed by atoms with van der Waals surface area (Å²) in [6, 6.07) is 28.5. The predicted octanol–water partition coefficient (Wildman–Crippen LogP) is 8.63. The maximum Gasteiger partial charge on any atom is 2.00 e. The van der Waals surface area contributed by atoms with Crippen LogP contribution in [-0.4, -0.2) is 19.6 Å². The summed E-state index contributed by atoms with van der Waals surface area (Å²) >= 11 is 0. The van der Waals surface area contributed by atoms with Gasteiger partial charge in [0.2, 0.25) is 5.69 Å². The van der Waals surface area contributed by atoms with Crippen LogP contribution >= 0.6 is 0 Å². The number of hydrogen-bond donors (Lipinski definition) is 0. The van der Waals surface area contributed by atoms with Gasteiger partial charge in [0.05, 0.1) is 41.7 Å². The fraction of sp³-hybridized carbons (Fsp3) is 0.0811. The first-order chi connectivity index (χ1) is 22.8. The molecule has 0 amide bonds. The van der Waals surface area contributed by atoms with Gasteiger partial charge in [-0.05, 0) is 60.9 Å². The first-order valence-corrected chi connectivity index (χ1v) is 14.3. The van der Waals surface area contributed by atoms with Crippen LogP contribution in [0.4, 0.5) is 11.4 Å². The number of rotatable bonds is 4. The van der Waals surface area contributed by atoms with Crippen LogP contribution in [0.25, 0.3) is 64.9 Å². The van der Waals surface area contributed by atoms with Crippen LogP contribution < -0.4 is 0 Å². The van der Waals surface area contributed by atoms with E-state index in [4.69, 9.17) is 32.2 Å². The average molecular weight is 802 g/mol. The zero-order chi connectivity index (χ0) is 32.4. The minimum Gasteiger partial charge on any atom is -0.516 e. The average Bonchev–Trinajstić information content (AvgIpc) is 3.89. The zero-order valence-electron chi connectivity index (χ0n) is 25.1.